The molecule has 0 aromatic heterocycles. The van der Waals surface area contributed by atoms with Crippen molar-refractivity contribution in [2.24, 2.45) is 0 Å². The molecule has 4 nitrogen and oxygen atoms in total. The summed E-state index contributed by atoms with van der Waals surface area (Å²) in [4.78, 5) is 11.4. The van der Waals surface area contributed by atoms with Crippen molar-refractivity contribution in [2.75, 3.05) is 13.7 Å². The normalized spacial score (nSPS) is 10.4. The SMILES string of the molecule is CNCc1ccccc1OCC(=O)NC(C)C. The van der Waals surface area contributed by atoms with Crippen LogP contribution < -0.4 is 15.4 Å². The highest BCUT2D eigenvalue weighted by atomic mass is 16.5. The number of benzene rings is 1. The highest BCUT2D eigenvalue weighted by Gasteiger charge is 2.06. The minimum absolute atomic E-state index is 0.0545. The zero-order valence-corrected chi connectivity index (χ0v) is 10.6. The van der Waals surface area contributed by atoms with E-state index in [9.17, 15) is 4.79 Å². The zero-order chi connectivity index (χ0) is 12.7. The predicted molar refractivity (Wildman–Crippen MR) is 68.0 cm³/mol. The lowest BCUT2D eigenvalue weighted by Gasteiger charge is -2.12. The lowest BCUT2D eigenvalue weighted by molar-refractivity contribution is -0.123. The molecule has 0 fully saturated rings. The molecule has 17 heavy (non-hydrogen) atoms. The molecule has 1 rings (SSSR count). The lowest BCUT2D eigenvalue weighted by atomic mass is 10.2. The fourth-order valence-corrected chi connectivity index (χ4v) is 1.49. The molecule has 2 N–H and O–H groups in total. The van der Waals surface area contributed by atoms with E-state index < -0.39 is 0 Å². The molecule has 0 atom stereocenters. The van der Waals surface area contributed by atoms with Crippen molar-refractivity contribution in [1.29, 1.82) is 0 Å². The summed E-state index contributed by atoms with van der Waals surface area (Å²) < 4.78 is 5.50. The van der Waals surface area contributed by atoms with Crippen molar-refractivity contribution in [3.63, 3.8) is 0 Å². The van der Waals surface area contributed by atoms with Gasteiger partial charge < -0.3 is 15.4 Å². The number of para-hydroxylation sites is 1. The van der Waals surface area contributed by atoms with Crippen molar-refractivity contribution in [2.45, 2.75) is 26.4 Å². The Bertz CT molecular complexity index is 364. The van der Waals surface area contributed by atoms with Crippen LogP contribution in [0, 0.1) is 0 Å². The van der Waals surface area contributed by atoms with Crippen molar-refractivity contribution in [1.82, 2.24) is 10.6 Å². The average Bonchev–Trinajstić information content (AvgIpc) is 2.27. The predicted octanol–water partition coefficient (Wildman–Crippen LogP) is 1.31. The molecule has 94 valence electrons. The number of ether oxygens (including phenoxy) is 1. The molecule has 0 bridgehead atoms. The Morgan fingerprint density at radius 2 is 2.06 bits per heavy atom. The van der Waals surface area contributed by atoms with Crippen LogP contribution in [0.25, 0.3) is 0 Å². The molecule has 0 heterocycles. The van der Waals surface area contributed by atoms with Gasteiger partial charge in [0.1, 0.15) is 5.75 Å². The minimum Gasteiger partial charge on any atom is -0.483 e. The topological polar surface area (TPSA) is 50.4 Å². The van der Waals surface area contributed by atoms with Gasteiger partial charge in [-0.3, -0.25) is 4.79 Å². The van der Waals surface area contributed by atoms with E-state index in [-0.39, 0.29) is 18.6 Å². The fourth-order valence-electron chi connectivity index (χ4n) is 1.49. The molecule has 1 aromatic rings. The molecule has 4 heteroatoms. The van der Waals surface area contributed by atoms with Crippen LogP contribution in [-0.4, -0.2) is 25.6 Å². The van der Waals surface area contributed by atoms with Gasteiger partial charge in [-0.1, -0.05) is 18.2 Å². The van der Waals surface area contributed by atoms with Crippen LogP contribution in [0.4, 0.5) is 0 Å². The summed E-state index contributed by atoms with van der Waals surface area (Å²) in [5.74, 6) is 0.653. The van der Waals surface area contributed by atoms with Gasteiger partial charge >= 0.3 is 0 Å². The lowest BCUT2D eigenvalue weighted by Crippen LogP contribution is -2.34. The Balaban J connectivity index is 2.53. The molecule has 0 radical (unpaired) electrons. The monoisotopic (exact) mass is 236 g/mol. The van der Waals surface area contributed by atoms with E-state index >= 15 is 0 Å². The van der Waals surface area contributed by atoms with Crippen LogP contribution in [0.2, 0.25) is 0 Å². The van der Waals surface area contributed by atoms with Crippen LogP contribution in [0.5, 0.6) is 5.75 Å². The second kappa shape index (κ2) is 6.91. The largest absolute Gasteiger partial charge is 0.483 e. The number of hydrogen-bond acceptors (Lipinski definition) is 3. The van der Waals surface area contributed by atoms with Crippen molar-refractivity contribution >= 4 is 5.91 Å². The van der Waals surface area contributed by atoms with Gasteiger partial charge in [0, 0.05) is 18.2 Å². The van der Waals surface area contributed by atoms with E-state index in [1.807, 2.05) is 45.2 Å². The molecule has 0 unspecified atom stereocenters. The van der Waals surface area contributed by atoms with Gasteiger partial charge in [0.2, 0.25) is 0 Å². The first-order valence-electron chi connectivity index (χ1n) is 5.78. The van der Waals surface area contributed by atoms with Gasteiger partial charge in [-0.25, -0.2) is 0 Å². The van der Waals surface area contributed by atoms with E-state index in [2.05, 4.69) is 10.6 Å². The third-order valence-corrected chi connectivity index (χ3v) is 2.15. The Morgan fingerprint density at radius 1 is 1.35 bits per heavy atom. The van der Waals surface area contributed by atoms with Gasteiger partial charge in [-0.2, -0.15) is 0 Å². The summed E-state index contributed by atoms with van der Waals surface area (Å²) in [5, 5.41) is 5.85. The zero-order valence-electron chi connectivity index (χ0n) is 10.6. The van der Waals surface area contributed by atoms with Gasteiger partial charge in [0.25, 0.3) is 5.91 Å². The second-order valence-electron chi connectivity index (χ2n) is 4.15. The number of rotatable bonds is 6. The Kier molecular flexibility index (Phi) is 5.49. The third-order valence-electron chi connectivity index (χ3n) is 2.15. The van der Waals surface area contributed by atoms with Crippen molar-refractivity contribution < 1.29 is 9.53 Å². The fraction of sp³-hybridized carbons (Fsp3) is 0.462. The molecular formula is C13H20N2O2. The average molecular weight is 236 g/mol. The van der Waals surface area contributed by atoms with Gasteiger partial charge in [0.15, 0.2) is 6.61 Å². The Labute approximate surface area is 102 Å². The van der Waals surface area contributed by atoms with E-state index in [1.165, 1.54) is 0 Å². The maximum Gasteiger partial charge on any atom is 0.258 e. The van der Waals surface area contributed by atoms with Crippen LogP contribution in [0.1, 0.15) is 19.4 Å². The first-order valence-corrected chi connectivity index (χ1v) is 5.78. The summed E-state index contributed by atoms with van der Waals surface area (Å²) in [6, 6.07) is 7.84. The van der Waals surface area contributed by atoms with Crippen LogP contribution in [0.3, 0.4) is 0 Å². The highest BCUT2D eigenvalue weighted by Crippen LogP contribution is 2.17. The van der Waals surface area contributed by atoms with Crippen molar-refractivity contribution in [3.05, 3.63) is 29.8 Å². The maximum absolute atomic E-state index is 11.4. The van der Waals surface area contributed by atoms with Crippen molar-refractivity contribution in [3.8, 4) is 5.75 Å². The van der Waals surface area contributed by atoms with Gasteiger partial charge in [-0.05, 0) is 27.0 Å². The van der Waals surface area contributed by atoms with E-state index in [0.29, 0.717) is 0 Å². The van der Waals surface area contributed by atoms with E-state index in [0.717, 1.165) is 17.9 Å². The number of hydrogen-bond donors (Lipinski definition) is 2. The van der Waals surface area contributed by atoms with E-state index in [4.69, 9.17) is 4.74 Å². The summed E-state index contributed by atoms with van der Waals surface area (Å²) in [6.07, 6.45) is 0. The molecule has 0 aliphatic rings. The Morgan fingerprint density at radius 3 is 2.71 bits per heavy atom. The quantitative estimate of drug-likeness (QED) is 0.783. The first-order chi connectivity index (χ1) is 8.13. The summed E-state index contributed by atoms with van der Waals surface area (Å²) >= 11 is 0. The summed E-state index contributed by atoms with van der Waals surface area (Å²) in [6.45, 7) is 4.63. The highest BCUT2D eigenvalue weighted by molar-refractivity contribution is 5.77. The number of amides is 1. The molecule has 0 aliphatic carbocycles. The molecule has 1 aromatic carbocycles. The first kappa shape index (κ1) is 13.5. The number of carbonyl (C=O) groups excluding carboxylic acids is 1. The summed E-state index contributed by atoms with van der Waals surface area (Å²) in [5.41, 5.74) is 1.05. The number of nitrogens with one attached hydrogen (secondary N) is 2. The standard InChI is InChI=1S/C13H20N2O2/c1-10(2)15-13(16)9-17-12-7-5-4-6-11(12)8-14-3/h4-7,10,14H,8-9H2,1-3H3,(H,15,16). The summed E-state index contributed by atoms with van der Waals surface area (Å²) in [7, 11) is 1.88. The van der Waals surface area contributed by atoms with Crippen LogP contribution >= 0.6 is 0 Å². The Hall–Kier alpha value is -1.55. The molecule has 0 aliphatic heterocycles. The second-order valence-corrected chi connectivity index (χ2v) is 4.15. The number of carbonyl (C=O) groups is 1. The third kappa shape index (κ3) is 4.87. The molecule has 0 saturated heterocycles. The maximum atomic E-state index is 11.4. The molecular weight excluding hydrogens is 216 g/mol. The minimum atomic E-state index is -0.0979. The van der Waals surface area contributed by atoms with Crippen LogP contribution in [0.15, 0.2) is 24.3 Å². The van der Waals surface area contributed by atoms with E-state index in [1.54, 1.807) is 0 Å². The molecule has 0 spiro atoms. The van der Waals surface area contributed by atoms with Gasteiger partial charge in [0.05, 0.1) is 0 Å². The van der Waals surface area contributed by atoms with Gasteiger partial charge in [-0.15, -0.1) is 0 Å². The van der Waals surface area contributed by atoms with Crippen LogP contribution in [-0.2, 0) is 11.3 Å². The molecule has 0 saturated carbocycles. The smallest absolute Gasteiger partial charge is 0.258 e. The molecule has 1 amide bonds.